The molecular weight excluding hydrogens is 254 g/mol. The zero-order valence-corrected chi connectivity index (χ0v) is 11.5. The lowest BCUT2D eigenvalue weighted by atomic mass is 9.97. The van der Waals surface area contributed by atoms with E-state index in [0.29, 0.717) is 0 Å². The standard InChI is InChI=1S/C13H16ClNOS/c1-17-10-2-3-12(11(14)8-10)15-6-4-13(5-7-15)9-16-13/h2-3,8H,4-7,9H2,1H3. The van der Waals surface area contributed by atoms with Crippen molar-refractivity contribution in [2.24, 2.45) is 0 Å². The number of nitrogens with zero attached hydrogens (tertiary/aromatic N) is 1. The molecule has 4 heteroatoms. The first-order valence-electron chi connectivity index (χ1n) is 5.95. The molecule has 0 bridgehead atoms. The van der Waals surface area contributed by atoms with Crippen molar-refractivity contribution in [2.75, 3.05) is 30.9 Å². The normalized spacial score (nSPS) is 21.9. The van der Waals surface area contributed by atoms with Gasteiger partial charge in [0.15, 0.2) is 0 Å². The molecule has 1 spiro atoms. The predicted molar refractivity (Wildman–Crippen MR) is 73.4 cm³/mol. The first-order valence-corrected chi connectivity index (χ1v) is 7.55. The summed E-state index contributed by atoms with van der Waals surface area (Å²) < 4.78 is 5.52. The Labute approximate surface area is 111 Å². The third kappa shape index (κ3) is 2.28. The average Bonchev–Trinajstić information content (AvgIpc) is 3.10. The monoisotopic (exact) mass is 269 g/mol. The van der Waals surface area contributed by atoms with Gasteiger partial charge in [-0.15, -0.1) is 11.8 Å². The average molecular weight is 270 g/mol. The van der Waals surface area contributed by atoms with Crippen LogP contribution < -0.4 is 4.90 Å². The predicted octanol–water partition coefficient (Wildman–Crippen LogP) is 3.43. The molecule has 2 saturated heterocycles. The maximum absolute atomic E-state index is 6.34. The number of hydrogen-bond donors (Lipinski definition) is 0. The quantitative estimate of drug-likeness (QED) is 0.604. The second-order valence-electron chi connectivity index (χ2n) is 4.78. The molecule has 0 unspecified atom stereocenters. The largest absolute Gasteiger partial charge is 0.370 e. The van der Waals surface area contributed by atoms with Crippen LogP contribution in [0.15, 0.2) is 23.1 Å². The van der Waals surface area contributed by atoms with Crippen molar-refractivity contribution >= 4 is 29.1 Å². The highest BCUT2D eigenvalue weighted by molar-refractivity contribution is 7.98. The molecule has 3 rings (SSSR count). The Morgan fingerprint density at radius 2 is 2.06 bits per heavy atom. The van der Waals surface area contributed by atoms with E-state index in [4.69, 9.17) is 16.3 Å². The number of hydrogen-bond acceptors (Lipinski definition) is 3. The van der Waals surface area contributed by atoms with Gasteiger partial charge in [0.1, 0.15) is 0 Å². The molecule has 0 amide bonds. The van der Waals surface area contributed by atoms with Gasteiger partial charge in [0, 0.05) is 18.0 Å². The molecule has 2 aliphatic rings. The summed E-state index contributed by atoms with van der Waals surface area (Å²) in [6, 6.07) is 6.34. The number of piperidine rings is 1. The van der Waals surface area contributed by atoms with Crippen LogP contribution in [0.3, 0.4) is 0 Å². The highest BCUT2D eigenvalue weighted by Gasteiger charge is 2.46. The summed E-state index contributed by atoms with van der Waals surface area (Å²) in [5, 5.41) is 0.865. The van der Waals surface area contributed by atoms with Crippen LogP contribution in [0.2, 0.25) is 5.02 Å². The summed E-state index contributed by atoms with van der Waals surface area (Å²) in [5.74, 6) is 0. The van der Waals surface area contributed by atoms with Crippen LogP contribution in [0.4, 0.5) is 5.69 Å². The van der Waals surface area contributed by atoms with E-state index in [1.54, 1.807) is 11.8 Å². The Balaban J connectivity index is 1.75. The summed E-state index contributed by atoms with van der Waals surface area (Å²) in [7, 11) is 0. The van der Waals surface area contributed by atoms with Gasteiger partial charge in [-0.05, 0) is 37.3 Å². The van der Waals surface area contributed by atoms with Crippen LogP contribution in [0.5, 0.6) is 0 Å². The molecular formula is C13H16ClNOS. The Bertz CT molecular complexity index is 423. The van der Waals surface area contributed by atoms with E-state index >= 15 is 0 Å². The minimum Gasteiger partial charge on any atom is -0.370 e. The van der Waals surface area contributed by atoms with E-state index in [1.165, 1.54) is 10.6 Å². The Kier molecular flexibility index (Phi) is 3.01. The number of epoxide rings is 1. The number of ether oxygens (including phenoxy) is 1. The van der Waals surface area contributed by atoms with Crippen LogP contribution >= 0.6 is 23.4 Å². The molecule has 0 aromatic heterocycles. The van der Waals surface area contributed by atoms with E-state index in [2.05, 4.69) is 29.4 Å². The zero-order valence-electron chi connectivity index (χ0n) is 9.91. The van der Waals surface area contributed by atoms with Crippen molar-refractivity contribution in [1.82, 2.24) is 0 Å². The third-order valence-corrected chi connectivity index (χ3v) is 4.75. The number of anilines is 1. The molecule has 2 nitrogen and oxygen atoms in total. The maximum atomic E-state index is 6.34. The minimum absolute atomic E-state index is 0.238. The minimum atomic E-state index is 0.238. The Morgan fingerprint density at radius 3 is 2.59 bits per heavy atom. The molecule has 0 atom stereocenters. The van der Waals surface area contributed by atoms with Crippen molar-refractivity contribution in [3.05, 3.63) is 23.2 Å². The second kappa shape index (κ2) is 4.38. The molecule has 0 aliphatic carbocycles. The molecule has 0 radical (unpaired) electrons. The fourth-order valence-electron chi connectivity index (χ4n) is 2.42. The van der Waals surface area contributed by atoms with E-state index < -0.39 is 0 Å². The van der Waals surface area contributed by atoms with E-state index in [1.807, 2.05) is 0 Å². The van der Waals surface area contributed by atoms with E-state index in [0.717, 1.165) is 37.6 Å². The van der Waals surface area contributed by atoms with Crippen molar-refractivity contribution in [2.45, 2.75) is 23.3 Å². The fourth-order valence-corrected chi connectivity index (χ4v) is 3.22. The molecule has 0 saturated carbocycles. The maximum Gasteiger partial charge on any atom is 0.0950 e. The van der Waals surface area contributed by atoms with Gasteiger partial charge >= 0.3 is 0 Å². The van der Waals surface area contributed by atoms with Gasteiger partial charge in [-0.2, -0.15) is 0 Å². The third-order valence-electron chi connectivity index (χ3n) is 3.72. The first kappa shape index (κ1) is 11.7. The molecule has 17 heavy (non-hydrogen) atoms. The van der Waals surface area contributed by atoms with Crippen LogP contribution in [0, 0.1) is 0 Å². The van der Waals surface area contributed by atoms with Gasteiger partial charge in [0.2, 0.25) is 0 Å². The fraction of sp³-hybridized carbons (Fsp3) is 0.538. The van der Waals surface area contributed by atoms with E-state index in [9.17, 15) is 0 Å². The van der Waals surface area contributed by atoms with Crippen LogP contribution in [0.25, 0.3) is 0 Å². The molecule has 1 aromatic rings. The van der Waals surface area contributed by atoms with Gasteiger partial charge in [0.05, 0.1) is 22.9 Å². The van der Waals surface area contributed by atoms with Gasteiger partial charge in [0.25, 0.3) is 0 Å². The van der Waals surface area contributed by atoms with Crippen molar-refractivity contribution < 1.29 is 4.74 Å². The second-order valence-corrected chi connectivity index (χ2v) is 6.06. The molecule has 1 aromatic carbocycles. The summed E-state index contributed by atoms with van der Waals surface area (Å²) >= 11 is 8.07. The van der Waals surface area contributed by atoms with Gasteiger partial charge in [-0.3, -0.25) is 0 Å². The number of rotatable bonds is 2. The zero-order chi connectivity index (χ0) is 11.9. The highest BCUT2D eigenvalue weighted by atomic mass is 35.5. The molecule has 2 heterocycles. The Hall–Kier alpha value is -0.380. The lowest BCUT2D eigenvalue weighted by Crippen LogP contribution is -2.37. The highest BCUT2D eigenvalue weighted by Crippen LogP contribution is 2.40. The Morgan fingerprint density at radius 1 is 1.35 bits per heavy atom. The topological polar surface area (TPSA) is 15.8 Å². The number of benzene rings is 1. The van der Waals surface area contributed by atoms with Crippen molar-refractivity contribution in [3.63, 3.8) is 0 Å². The van der Waals surface area contributed by atoms with Crippen LogP contribution in [-0.2, 0) is 4.74 Å². The van der Waals surface area contributed by atoms with Gasteiger partial charge < -0.3 is 9.64 Å². The van der Waals surface area contributed by atoms with E-state index in [-0.39, 0.29) is 5.60 Å². The summed E-state index contributed by atoms with van der Waals surface area (Å²) in [5.41, 5.74) is 1.40. The first-order chi connectivity index (χ1) is 8.22. The SMILES string of the molecule is CSc1ccc(N2CCC3(CC2)CO3)c(Cl)c1. The van der Waals surface area contributed by atoms with Crippen LogP contribution in [0.1, 0.15) is 12.8 Å². The number of halogens is 1. The summed E-state index contributed by atoms with van der Waals surface area (Å²) in [4.78, 5) is 3.59. The summed E-state index contributed by atoms with van der Waals surface area (Å²) in [6.07, 6.45) is 4.33. The summed E-state index contributed by atoms with van der Waals surface area (Å²) in [6.45, 7) is 3.07. The molecule has 0 N–H and O–H groups in total. The number of thioether (sulfide) groups is 1. The van der Waals surface area contributed by atoms with Crippen molar-refractivity contribution in [3.8, 4) is 0 Å². The van der Waals surface area contributed by atoms with Crippen LogP contribution in [-0.4, -0.2) is 31.6 Å². The molecule has 2 fully saturated rings. The van der Waals surface area contributed by atoms with Gasteiger partial charge in [-0.1, -0.05) is 11.6 Å². The molecule has 92 valence electrons. The lowest BCUT2D eigenvalue weighted by Gasteiger charge is -2.32. The van der Waals surface area contributed by atoms with Crippen molar-refractivity contribution in [1.29, 1.82) is 0 Å². The molecule has 2 aliphatic heterocycles. The smallest absolute Gasteiger partial charge is 0.0950 e. The lowest BCUT2D eigenvalue weighted by molar-refractivity contribution is 0.259. The van der Waals surface area contributed by atoms with Gasteiger partial charge in [-0.25, -0.2) is 0 Å².